The zero-order valence-electron chi connectivity index (χ0n) is 25.2. The van der Waals surface area contributed by atoms with Gasteiger partial charge in [0.1, 0.15) is 4.90 Å². The molecule has 13 nitrogen and oxygen atoms in total. The number of allylic oxidation sites excluding steroid dienone is 1. The standard InChI is InChI=1S/C19H17N6O4PS.C10H9N.CH5BO2/c1-12-10-21-17(19(23-12)28-2)25(30)31(26,27)15-4-3-9-20-16(15)13-5-7-14(8-6-13)18-24-22-11-29-18;1-2-4-9(5-3-1)10-6-7-11-8-10;1-2(3)4/h3-11H,30H2,1-2H3;1-5,7-8H,6H2;3-4H,1H3. The summed E-state index contributed by atoms with van der Waals surface area (Å²) in [5.74, 6) is 0.495. The van der Waals surface area contributed by atoms with Gasteiger partial charge in [-0.1, -0.05) is 42.5 Å². The molecule has 5 aromatic rings. The summed E-state index contributed by atoms with van der Waals surface area (Å²) in [6, 6.07) is 20.4. The number of methoxy groups -OCH3 is 1. The molecule has 1 aliphatic rings. The molecular formula is C30H31BN7O6PS. The molecule has 16 heteroatoms. The van der Waals surface area contributed by atoms with Crippen LogP contribution in [-0.2, 0) is 10.0 Å². The van der Waals surface area contributed by atoms with Crippen molar-refractivity contribution in [2.24, 2.45) is 4.99 Å². The Bertz CT molecular complexity index is 1890. The van der Waals surface area contributed by atoms with Gasteiger partial charge in [-0.05, 0) is 58.5 Å². The first-order chi connectivity index (χ1) is 22.1. The van der Waals surface area contributed by atoms with Crippen molar-refractivity contribution in [3.05, 3.63) is 103 Å². The summed E-state index contributed by atoms with van der Waals surface area (Å²) in [6.45, 7) is 3.01. The average molecular weight is 659 g/mol. The van der Waals surface area contributed by atoms with Crippen molar-refractivity contribution in [2.45, 2.75) is 25.1 Å². The molecule has 0 saturated heterocycles. The molecule has 0 fully saturated rings. The molecule has 0 aliphatic carbocycles. The van der Waals surface area contributed by atoms with Crippen LogP contribution in [0.15, 0.2) is 106 Å². The quantitative estimate of drug-likeness (QED) is 0.186. The first-order valence-corrected chi connectivity index (χ1v) is 15.7. The molecule has 0 radical (unpaired) electrons. The lowest BCUT2D eigenvalue weighted by Gasteiger charge is -2.21. The van der Waals surface area contributed by atoms with Crippen LogP contribution in [0.3, 0.4) is 0 Å². The number of aromatic nitrogens is 5. The molecular weight excluding hydrogens is 628 g/mol. The van der Waals surface area contributed by atoms with Crippen molar-refractivity contribution < 1.29 is 27.6 Å². The van der Waals surface area contributed by atoms with Gasteiger partial charge >= 0.3 is 7.12 Å². The van der Waals surface area contributed by atoms with Crippen LogP contribution in [0.1, 0.15) is 17.7 Å². The first-order valence-electron chi connectivity index (χ1n) is 13.7. The zero-order valence-corrected chi connectivity index (χ0v) is 27.1. The van der Waals surface area contributed by atoms with Gasteiger partial charge < -0.3 is 19.2 Å². The van der Waals surface area contributed by atoms with Crippen LogP contribution in [0, 0.1) is 6.92 Å². The van der Waals surface area contributed by atoms with E-state index < -0.39 is 17.1 Å². The minimum Gasteiger partial charge on any atom is -0.478 e. The third-order valence-electron chi connectivity index (χ3n) is 6.11. The Kier molecular flexibility index (Phi) is 11.8. The SMILES string of the molecule is C1=NC=C(c2ccccc2)C1.CB(O)O.COc1nc(C)cnc1N(P)S(=O)(=O)c1cccnc1-c1ccc(-c2nnco2)cc1. The highest BCUT2D eigenvalue weighted by molar-refractivity contribution is 7.96. The molecule has 46 heavy (non-hydrogen) atoms. The van der Waals surface area contributed by atoms with Gasteiger partial charge in [0.25, 0.3) is 15.9 Å². The molecule has 3 aromatic heterocycles. The Hall–Kier alpha value is -4.82. The van der Waals surface area contributed by atoms with E-state index in [2.05, 4.69) is 63.8 Å². The summed E-state index contributed by atoms with van der Waals surface area (Å²) in [7, 11) is -1.67. The van der Waals surface area contributed by atoms with E-state index in [4.69, 9.17) is 19.2 Å². The van der Waals surface area contributed by atoms with E-state index in [-0.39, 0.29) is 22.3 Å². The Morgan fingerprint density at radius 3 is 2.28 bits per heavy atom. The van der Waals surface area contributed by atoms with E-state index in [0.29, 0.717) is 22.7 Å². The summed E-state index contributed by atoms with van der Waals surface area (Å²) < 4.78 is 38.2. The fourth-order valence-electron chi connectivity index (χ4n) is 4.03. The smallest absolute Gasteiger partial charge is 0.448 e. The van der Waals surface area contributed by atoms with Gasteiger partial charge in [0.15, 0.2) is 0 Å². The van der Waals surface area contributed by atoms with E-state index in [1.54, 1.807) is 37.3 Å². The number of aliphatic imine (C=N–C) groups is 1. The predicted molar refractivity (Wildman–Crippen MR) is 179 cm³/mol. The number of rotatable bonds is 7. The molecule has 1 unspecified atom stereocenters. The lowest BCUT2D eigenvalue weighted by atomic mass is 9.99. The topological polar surface area (TPSA) is 177 Å². The monoisotopic (exact) mass is 659 g/mol. The third kappa shape index (κ3) is 8.67. The summed E-state index contributed by atoms with van der Waals surface area (Å²) in [5, 5.41) is 22.7. The van der Waals surface area contributed by atoms with E-state index >= 15 is 0 Å². The van der Waals surface area contributed by atoms with E-state index in [1.165, 1.54) is 49.9 Å². The maximum Gasteiger partial charge on any atom is 0.448 e. The third-order valence-corrected chi connectivity index (χ3v) is 8.76. The lowest BCUT2D eigenvalue weighted by molar-refractivity contribution is 0.396. The maximum absolute atomic E-state index is 13.4. The van der Waals surface area contributed by atoms with Gasteiger partial charge in [-0.2, -0.15) is 0 Å². The second-order valence-electron chi connectivity index (χ2n) is 9.50. The number of benzene rings is 2. The first kappa shape index (κ1) is 34.1. The largest absolute Gasteiger partial charge is 0.478 e. The van der Waals surface area contributed by atoms with Crippen LogP contribution in [0.5, 0.6) is 5.88 Å². The number of hydrogen-bond donors (Lipinski definition) is 2. The van der Waals surface area contributed by atoms with Crippen molar-refractivity contribution in [2.75, 3.05) is 11.2 Å². The molecule has 1 aliphatic heterocycles. The van der Waals surface area contributed by atoms with Crippen LogP contribution < -0.4 is 8.81 Å². The molecule has 6 rings (SSSR count). The Balaban J connectivity index is 0.000000263. The predicted octanol–water partition coefficient (Wildman–Crippen LogP) is 4.48. The van der Waals surface area contributed by atoms with E-state index in [0.717, 1.165) is 10.5 Å². The number of anilines is 1. The molecule has 236 valence electrons. The highest BCUT2D eigenvalue weighted by atomic mass is 32.2. The minimum absolute atomic E-state index is 0.0000293. The number of nitrogens with zero attached hydrogens (tertiary/aromatic N) is 7. The highest BCUT2D eigenvalue weighted by Gasteiger charge is 2.29. The van der Waals surface area contributed by atoms with Gasteiger partial charge in [-0.3, -0.25) is 9.98 Å². The second-order valence-corrected chi connectivity index (χ2v) is 12.2. The van der Waals surface area contributed by atoms with Gasteiger partial charge in [0, 0.05) is 36.2 Å². The number of sulfonamides is 1. The molecule has 0 amide bonds. The molecule has 1 atom stereocenters. The van der Waals surface area contributed by atoms with Crippen LogP contribution in [0.2, 0.25) is 6.82 Å². The highest BCUT2D eigenvalue weighted by Crippen LogP contribution is 2.35. The van der Waals surface area contributed by atoms with E-state index in [1.807, 2.05) is 18.5 Å². The summed E-state index contributed by atoms with van der Waals surface area (Å²) in [4.78, 5) is 16.7. The van der Waals surface area contributed by atoms with Crippen molar-refractivity contribution in [1.82, 2.24) is 25.1 Å². The summed E-state index contributed by atoms with van der Waals surface area (Å²) in [5.41, 5.74) is 4.78. The van der Waals surface area contributed by atoms with Crippen molar-refractivity contribution in [1.29, 1.82) is 0 Å². The van der Waals surface area contributed by atoms with Crippen LogP contribution >= 0.6 is 9.39 Å². The summed E-state index contributed by atoms with van der Waals surface area (Å²) in [6.07, 6.45) is 9.06. The summed E-state index contributed by atoms with van der Waals surface area (Å²) >= 11 is 0. The van der Waals surface area contributed by atoms with E-state index in [9.17, 15) is 8.42 Å². The molecule has 2 N–H and O–H groups in total. The van der Waals surface area contributed by atoms with Crippen molar-refractivity contribution in [3.8, 4) is 28.6 Å². The van der Waals surface area contributed by atoms with Crippen LogP contribution in [0.4, 0.5) is 5.82 Å². The minimum atomic E-state index is -4.06. The van der Waals surface area contributed by atoms with Gasteiger partial charge in [-0.25, -0.2) is 22.5 Å². The number of aryl methyl sites for hydroxylation is 1. The van der Waals surface area contributed by atoms with Gasteiger partial charge in [0.2, 0.25) is 18.1 Å². The zero-order chi connectivity index (χ0) is 33.1. The van der Waals surface area contributed by atoms with Gasteiger partial charge in [0.05, 0.1) is 24.7 Å². The number of ether oxygens (including phenoxy) is 1. The molecule has 2 aromatic carbocycles. The molecule has 0 saturated carbocycles. The van der Waals surface area contributed by atoms with Gasteiger partial charge in [-0.15, -0.1) is 10.2 Å². The normalized spacial score (nSPS) is 11.8. The average Bonchev–Trinajstić information content (AvgIpc) is 3.81. The van der Waals surface area contributed by atoms with Crippen molar-refractivity contribution >= 4 is 44.1 Å². The number of hydrogen-bond acceptors (Lipinski definition) is 12. The lowest BCUT2D eigenvalue weighted by Crippen LogP contribution is -2.23. The maximum atomic E-state index is 13.4. The Labute approximate surface area is 269 Å². The molecule has 4 heterocycles. The molecule has 0 spiro atoms. The second kappa shape index (κ2) is 16.0. The molecule has 0 bridgehead atoms. The van der Waals surface area contributed by atoms with Crippen LogP contribution in [-0.4, -0.2) is 64.1 Å². The fraction of sp³-hybridized carbons (Fsp3) is 0.133. The Morgan fingerprint density at radius 2 is 1.67 bits per heavy atom. The Morgan fingerprint density at radius 1 is 0.978 bits per heavy atom. The van der Waals surface area contributed by atoms with Crippen LogP contribution in [0.25, 0.3) is 28.3 Å². The fourth-order valence-corrected chi connectivity index (χ4v) is 5.78. The van der Waals surface area contributed by atoms with Crippen molar-refractivity contribution in [3.63, 3.8) is 0 Å². The number of pyridine rings is 1.